The molecule has 1 heterocycles. The third kappa shape index (κ3) is 5.38. The van der Waals surface area contributed by atoms with E-state index in [-0.39, 0.29) is 17.4 Å². The number of nitrogens with one attached hydrogen (secondary N) is 2. The lowest BCUT2D eigenvalue weighted by Gasteiger charge is -2.23. The van der Waals surface area contributed by atoms with Gasteiger partial charge in [-0.05, 0) is 20.3 Å². The number of rotatable bonds is 6. The van der Waals surface area contributed by atoms with Gasteiger partial charge in [0, 0.05) is 30.8 Å². The zero-order valence-corrected chi connectivity index (χ0v) is 12.7. The highest BCUT2D eigenvalue weighted by molar-refractivity contribution is 7.09. The number of carbonyl (C=O) groups is 2. The van der Waals surface area contributed by atoms with Crippen LogP contribution in [0.1, 0.15) is 49.6 Å². The summed E-state index contributed by atoms with van der Waals surface area (Å²) in [6.07, 6.45) is 1.51. The van der Waals surface area contributed by atoms with Crippen LogP contribution in [0.15, 0.2) is 5.38 Å². The quantitative estimate of drug-likeness (QED) is 0.835. The molecule has 2 N–H and O–H groups in total. The Balaban J connectivity index is 2.54. The molecule has 0 aromatic carbocycles. The number of carbonyl (C=O) groups excluding carboxylic acids is 2. The average molecular weight is 283 g/mol. The number of hydrogen-bond donors (Lipinski definition) is 2. The molecule has 0 aliphatic carbocycles. The Morgan fingerprint density at radius 1 is 1.42 bits per heavy atom. The molecule has 0 saturated carbocycles. The second kappa shape index (κ2) is 6.65. The van der Waals surface area contributed by atoms with Gasteiger partial charge < -0.3 is 10.6 Å². The number of nitrogens with zero attached hydrogens (tertiary/aromatic N) is 1. The van der Waals surface area contributed by atoms with Crippen molar-refractivity contribution in [2.75, 3.05) is 6.54 Å². The minimum atomic E-state index is -0.225. The molecule has 5 nitrogen and oxygen atoms in total. The van der Waals surface area contributed by atoms with Crippen LogP contribution in [-0.2, 0) is 11.2 Å². The van der Waals surface area contributed by atoms with E-state index in [9.17, 15) is 9.59 Å². The monoisotopic (exact) mass is 283 g/mol. The molecule has 6 heteroatoms. The molecule has 0 aliphatic heterocycles. The molecule has 0 bridgehead atoms. The van der Waals surface area contributed by atoms with Gasteiger partial charge in [0.2, 0.25) is 5.91 Å². The number of aromatic nitrogens is 1. The summed E-state index contributed by atoms with van der Waals surface area (Å²) in [6, 6.07) is 0. The Morgan fingerprint density at radius 2 is 2.11 bits per heavy atom. The highest BCUT2D eigenvalue weighted by Crippen LogP contribution is 2.13. The summed E-state index contributed by atoms with van der Waals surface area (Å²) < 4.78 is 0. The molecule has 2 amide bonds. The summed E-state index contributed by atoms with van der Waals surface area (Å²) in [7, 11) is 0. The Bertz CT molecular complexity index is 454. The molecule has 0 atom stereocenters. The lowest BCUT2D eigenvalue weighted by atomic mass is 10.0. The molecule has 106 valence electrons. The van der Waals surface area contributed by atoms with E-state index in [0.29, 0.717) is 18.7 Å². The summed E-state index contributed by atoms with van der Waals surface area (Å²) in [5.41, 5.74) is 0.223. The smallest absolute Gasteiger partial charge is 0.271 e. The van der Waals surface area contributed by atoms with Crippen molar-refractivity contribution in [3.8, 4) is 0 Å². The predicted molar refractivity (Wildman–Crippen MR) is 76.3 cm³/mol. The second-order valence-electron chi connectivity index (χ2n) is 5.05. The van der Waals surface area contributed by atoms with E-state index >= 15 is 0 Å². The fourth-order valence-corrected chi connectivity index (χ4v) is 2.11. The first-order valence-corrected chi connectivity index (χ1v) is 7.23. The van der Waals surface area contributed by atoms with E-state index in [1.807, 2.05) is 20.8 Å². The Labute approximate surface area is 117 Å². The molecule has 0 fully saturated rings. The Kier molecular flexibility index (Phi) is 5.47. The summed E-state index contributed by atoms with van der Waals surface area (Å²) in [4.78, 5) is 27.0. The molecule has 1 rings (SSSR count). The largest absolute Gasteiger partial charge is 0.356 e. The van der Waals surface area contributed by atoms with Crippen molar-refractivity contribution in [3.63, 3.8) is 0 Å². The molecule has 1 aromatic rings. The van der Waals surface area contributed by atoms with Crippen molar-refractivity contribution in [2.45, 2.75) is 46.1 Å². The third-order valence-corrected chi connectivity index (χ3v) is 3.74. The molecule has 0 radical (unpaired) electrons. The van der Waals surface area contributed by atoms with Crippen LogP contribution in [0.4, 0.5) is 0 Å². The fourth-order valence-electron chi connectivity index (χ4n) is 1.34. The van der Waals surface area contributed by atoms with Gasteiger partial charge >= 0.3 is 0 Å². The first-order chi connectivity index (χ1) is 8.84. The topological polar surface area (TPSA) is 71.1 Å². The maximum absolute atomic E-state index is 12.0. The van der Waals surface area contributed by atoms with Gasteiger partial charge in [0.15, 0.2) is 0 Å². The molecule has 0 saturated heterocycles. The van der Waals surface area contributed by atoms with Gasteiger partial charge in [-0.15, -0.1) is 11.3 Å². The molecular weight excluding hydrogens is 262 g/mol. The van der Waals surface area contributed by atoms with Crippen LogP contribution in [0.5, 0.6) is 0 Å². The van der Waals surface area contributed by atoms with Crippen molar-refractivity contribution in [1.29, 1.82) is 0 Å². The minimum absolute atomic E-state index is 0.0563. The van der Waals surface area contributed by atoms with E-state index in [4.69, 9.17) is 0 Å². The molecule has 0 unspecified atom stereocenters. The summed E-state index contributed by atoms with van der Waals surface area (Å²) in [5.74, 6) is -0.201. The SMILES string of the molecule is CCC(C)(C)NC(=O)c1csc(CCNC(C)=O)n1. The van der Waals surface area contributed by atoms with Gasteiger partial charge in [0.05, 0.1) is 5.01 Å². The van der Waals surface area contributed by atoms with Crippen molar-refractivity contribution in [3.05, 3.63) is 16.1 Å². The van der Waals surface area contributed by atoms with Crippen LogP contribution in [0.25, 0.3) is 0 Å². The van der Waals surface area contributed by atoms with E-state index in [1.165, 1.54) is 18.3 Å². The second-order valence-corrected chi connectivity index (χ2v) is 5.99. The molecule has 0 spiro atoms. The first kappa shape index (κ1) is 15.6. The predicted octanol–water partition coefficient (Wildman–Crippen LogP) is 1.74. The maximum atomic E-state index is 12.0. The summed E-state index contributed by atoms with van der Waals surface area (Å²) >= 11 is 1.44. The van der Waals surface area contributed by atoms with E-state index in [1.54, 1.807) is 5.38 Å². The zero-order chi connectivity index (χ0) is 14.5. The molecule has 19 heavy (non-hydrogen) atoms. The maximum Gasteiger partial charge on any atom is 0.271 e. The highest BCUT2D eigenvalue weighted by atomic mass is 32.1. The summed E-state index contributed by atoms with van der Waals surface area (Å²) in [5, 5.41) is 8.26. The van der Waals surface area contributed by atoms with E-state index in [0.717, 1.165) is 11.4 Å². The van der Waals surface area contributed by atoms with Crippen LogP contribution < -0.4 is 10.6 Å². The Hall–Kier alpha value is -1.43. The zero-order valence-electron chi connectivity index (χ0n) is 11.9. The van der Waals surface area contributed by atoms with Crippen molar-refractivity contribution >= 4 is 23.2 Å². The standard InChI is InChI=1S/C13H21N3O2S/c1-5-13(3,4)16-12(18)10-8-19-11(15-10)6-7-14-9(2)17/h8H,5-7H2,1-4H3,(H,14,17)(H,16,18). The summed E-state index contributed by atoms with van der Waals surface area (Å²) in [6.45, 7) is 8.02. The normalized spacial score (nSPS) is 11.2. The minimum Gasteiger partial charge on any atom is -0.356 e. The lowest BCUT2D eigenvalue weighted by Crippen LogP contribution is -2.42. The number of hydrogen-bond acceptors (Lipinski definition) is 4. The van der Waals surface area contributed by atoms with Crippen LogP contribution in [-0.4, -0.2) is 28.9 Å². The van der Waals surface area contributed by atoms with Gasteiger partial charge in [-0.1, -0.05) is 6.92 Å². The molecule has 1 aromatic heterocycles. The van der Waals surface area contributed by atoms with Gasteiger partial charge in [-0.25, -0.2) is 4.98 Å². The number of amides is 2. The van der Waals surface area contributed by atoms with E-state index in [2.05, 4.69) is 15.6 Å². The average Bonchev–Trinajstić information content (AvgIpc) is 2.77. The molecule has 0 aliphatic rings. The van der Waals surface area contributed by atoms with Gasteiger partial charge in [0.1, 0.15) is 5.69 Å². The van der Waals surface area contributed by atoms with Gasteiger partial charge in [-0.2, -0.15) is 0 Å². The third-order valence-electron chi connectivity index (χ3n) is 2.83. The Morgan fingerprint density at radius 3 is 2.68 bits per heavy atom. The van der Waals surface area contributed by atoms with Gasteiger partial charge in [-0.3, -0.25) is 9.59 Å². The molecular formula is C13H21N3O2S. The van der Waals surface area contributed by atoms with Crippen LogP contribution in [0.2, 0.25) is 0 Å². The van der Waals surface area contributed by atoms with Crippen LogP contribution in [0.3, 0.4) is 0 Å². The van der Waals surface area contributed by atoms with Crippen LogP contribution >= 0.6 is 11.3 Å². The van der Waals surface area contributed by atoms with Crippen LogP contribution in [0, 0.1) is 0 Å². The van der Waals surface area contributed by atoms with Gasteiger partial charge in [0.25, 0.3) is 5.91 Å². The first-order valence-electron chi connectivity index (χ1n) is 6.35. The van der Waals surface area contributed by atoms with E-state index < -0.39 is 0 Å². The van der Waals surface area contributed by atoms with Crippen molar-refractivity contribution in [2.24, 2.45) is 0 Å². The number of thiazole rings is 1. The fraction of sp³-hybridized carbons (Fsp3) is 0.615. The lowest BCUT2D eigenvalue weighted by molar-refractivity contribution is -0.118. The van der Waals surface area contributed by atoms with Crippen molar-refractivity contribution in [1.82, 2.24) is 15.6 Å². The highest BCUT2D eigenvalue weighted by Gasteiger charge is 2.20. The van der Waals surface area contributed by atoms with Crippen molar-refractivity contribution < 1.29 is 9.59 Å².